The van der Waals surface area contributed by atoms with Gasteiger partial charge in [0.2, 0.25) is 5.91 Å². The van der Waals surface area contributed by atoms with Crippen molar-refractivity contribution in [3.05, 3.63) is 12.2 Å². The van der Waals surface area contributed by atoms with Crippen LogP contribution < -0.4 is 10.2 Å². The summed E-state index contributed by atoms with van der Waals surface area (Å²) in [4.78, 5) is 25.2. The fraction of sp³-hybridized carbons (Fsp3) is 0.925. The van der Waals surface area contributed by atoms with Gasteiger partial charge >= 0.3 is 0 Å². The molecular weight excluding hydrogens is 635 g/mol. The minimum atomic E-state index is -4.55. The fourth-order valence-corrected chi connectivity index (χ4v) is 6.64. The highest BCUT2D eigenvalue weighted by molar-refractivity contribution is 7.45. The molecule has 0 aliphatic heterocycles. The quantitative estimate of drug-likeness (QED) is 0.0287. The lowest BCUT2D eigenvalue weighted by molar-refractivity contribution is -0.870. The van der Waals surface area contributed by atoms with Crippen molar-refractivity contribution in [2.45, 2.75) is 199 Å². The summed E-state index contributed by atoms with van der Waals surface area (Å²) in [5, 5.41) is 13.8. The van der Waals surface area contributed by atoms with Gasteiger partial charge in [-0.15, -0.1) is 0 Å². The Morgan fingerprint density at radius 1 is 0.694 bits per heavy atom. The number of carbonyl (C=O) groups is 1. The van der Waals surface area contributed by atoms with Crippen LogP contribution in [0.2, 0.25) is 0 Å². The van der Waals surface area contributed by atoms with Crippen LogP contribution in [0.1, 0.15) is 187 Å². The van der Waals surface area contributed by atoms with Crippen molar-refractivity contribution in [1.29, 1.82) is 0 Å². The number of allylic oxidation sites excluding steroid dienone is 2. The first-order valence-electron chi connectivity index (χ1n) is 20.5. The molecule has 0 aliphatic rings. The summed E-state index contributed by atoms with van der Waals surface area (Å²) in [5.74, 6) is -0.171. The molecule has 0 saturated carbocycles. The molecule has 0 spiro atoms. The average molecular weight is 717 g/mol. The zero-order valence-corrected chi connectivity index (χ0v) is 33.8. The van der Waals surface area contributed by atoms with E-state index in [1.807, 2.05) is 21.1 Å². The van der Waals surface area contributed by atoms with Crippen LogP contribution in [0.15, 0.2) is 12.2 Å². The summed E-state index contributed by atoms with van der Waals surface area (Å²) >= 11 is 0. The van der Waals surface area contributed by atoms with Gasteiger partial charge in [0.25, 0.3) is 7.82 Å². The number of nitrogens with zero attached hydrogens (tertiary/aromatic N) is 1. The van der Waals surface area contributed by atoms with Gasteiger partial charge in [0.15, 0.2) is 0 Å². The molecule has 0 aromatic heterocycles. The second-order valence-corrected chi connectivity index (χ2v) is 16.8. The lowest BCUT2D eigenvalue weighted by Crippen LogP contribution is -2.46. The molecule has 3 atom stereocenters. The summed E-state index contributed by atoms with van der Waals surface area (Å²) in [6.07, 6.45) is 34.9. The van der Waals surface area contributed by atoms with E-state index < -0.39 is 20.0 Å². The highest BCUT2D eigenvalue weighted by Crippen LogP contribution is 2.38. The molecule has 3 unspecified atom stereocenters. The van der Waals surface area contributed by atoms with Crippen LogP contribution in [0.5, 0.6) is 0 Å². The third-order valence-corrected chi connectivity index (χ3v) is 10.2. The number of aliphatic hydroxyl groups excluding tert-OH is 1. The molecule has 2 N–H and O–H groups in total. The summed E-state index contributed by atoms with van der Waals surface area (Å²) in [6.45, 7) is 4.69. The monoisotopic (exact) mass is 717 g/mol. The number of phosphoric acid groups is 1. The van der Waals surface area contributed by atoms with Crippen molar-refractivity contribution < 1.29 is 32.9 Å². The number of nitrogens with one attached hydrogen (secondary N) is 1. The highest BCUT2D eigenvalue weighted by atomic mass is 31.2. The van der Waals surface area contributed by atoms with E-state index in [1.54, 1.807) is 0 Å². The van der Waals surface area contributed by atoms with Gasteiger partial charge in [-0.05, 0) is 38.5 Å². The number of rotatable bonds is 37. The Kier molecular flexibility index (Phi) is 32.6. The van der Waals surface area contributed by atoms with Crippen LogP contribution in [-0.2, 0) is 18.4 Å². The Bertz CT molecular complexity index is 819. The van der Waals surface area contributed by atoms with Crippen molar-refractivity contribution in [2.75, 3.05) is 40.9 Å². The van der Waals surface area contributed by atoms with E-state index in [0.717, 1.165) is 38.5 Å². The molecule has 292 valence electrons. The number of phosphoric ester groups is 1. The maximum Gasteiger partial charge on any atom is 0.268 e. The van der Waals surface area contributed by atoms with E-state index in [9.17, 15) is 19.4 Å². The number of likely N-dealkylation sites (N-methyl/N-ethyl adjacent to an activating group) is 1. The molecule has 0 bridgehead atoms. The summed E-state index contributed by atoms with van der Waals surface area (Å²) in [7, 11) is 1.30. The minimum absolute atomic E-state index is 0.0129. The zero-order chi connectivity index (χ0) is 36.5. The smallest absolute Gasteiger partial charge is 0.268 e. The van der Waals surface area contributed by atoms with Gasteiger partial charge in [-0.25, -0.2) is 0 Å². The van der Waals surface area contributed by atoms with Crippen molar-refractivity contribution in [1.82, 2.24) is 5.32 Å². The molecule has 0 radical (unpaired) electrons. The molecule has 0 aromatic rings. The Morgan fingerprint density at radius 2 is 1.12 bits per heavy atom. The number of quaternary nitrogens is 1. The van der Waals surface area contributed by atoms with E-state index in [1.165, 1.54) is 122 Å². The van der Waals surface area contributed by atoms with Gasteiger partial charge in [0.05, 0.1) is 39.9 Å². The number of hydrogen-bond acceptors (Lipinski definition) is 6. The first-order chi connectivity index (χ1) is 23.5. The summed E-state index contributed by atoms with van der Waals surface area (Å²) in [5.41, 5.74) is 0. The molecule has 8 nitrogen and oxygen atoms in total. The number of amides is 1. The van der Waals surface area contributed by atoms with Gasteiger partial charge in [0, 0.05) is 6.42 Å². The largest absolute Gasteiger partial charge is 0.756 e. The Labute approximate surface area is 303 Å². The van der Waals surface area contributed by atoms with Crippen LogP contribution in [0, 0.1) is 0 Å². The maximum atomic E-state index is 12.8. The van der Waals surface area contributed by atoms with E-state index in [-0.39, 0.29) is 19.1 Å². The molecule has 0 aromatic carbocycles. The standard InChI is InChI=1S/C40H81N2O6P/c1-6-8-10-12-14-16-18-20-21-22-24-26-28-30-32-34-40(44)41-38(37-48-49(45,46)47-36-35-42(3,4)5)39(43)33-31-29-27-25-23-19-17-15-13-11-9-7-2/h16,18,38-39,43H,6-15,17,19-37H2,1-5H3,(H-,41,44,45,46)/b18-16-. The predicted molar refractivity (Wildman–Crippen MR) is 205 cm³/mol. The molecule has 0 rings (SSSR count). The van der Waals surface area contributed by atoms with E-state index in [4.69, 9.17) is 9.05 Å². The summed E-state index contributed by atoms with van der Waals surface area (Å²) < 4.78 is 23.2. The molecule has 49 heavy (non-hydrogen) atoms. The second kappa shape index (κ2) is 33.1. The highest BCUT2D eigenvalue weighted by Gasteiger charge is 2.24. The van der Waals surface area contributed by atoms with Crippen molar-refractivity contribution >= 4 is 13.7 Å². The lowest BCUT2D eigenvalue weighted by Gasteiger charge is -2.30. The number of unbranched alkanes of at least 4 members (excludes halogenated alkanes) is 22. The minimum Gasteiger partial charge on any atom is -0.756 e. The van der Waals surface area contributed by atoms with Gasteiger partial charge in [-0.1, -0.05) is 154 Å². The number of aliphatic hydroxyl groups is 1. The molecule has 9 heteroatoms. The van der Waals surface area contributed by atoms with Crippen molar-refractivity contribution in [3.63, 3.8) is 0 Å². The third kappa shape index (κ3) is 35.4. The molecule has 0 fully saturated rings. The van der Waals surface area contributed by atoms with E-state index in [0.29, 0.717) is 23.9 Å². The van der Waals surface area contributed by atoms with Crippen LogP contribution in [0.3, 0.4) is 0 Å². The first-order valence-corrected chi connectivity index (χ1v) is 22.0. The summed E-state index contributed by atoms with van der Waals surface area (Å²) in [6, 6.07) is -0.796. The normalized spacial score (nSPS) is 14.7. The fourth-order valence-electron chi connectivity index (χ4n) is 5.92. The maximum absolute atomic E-state index is 12.8. The molecule has 0 aliphatic carbocycles. The predicted octanol–water partition coefficient (Wildman–Crippen LogP) is 10.2. The molecule has 1 amide bonds. The van der Waals surface area contributed by atoms with Crippen LogP contribution >= 0.6 is 7.82 Å². The third-order valence-electron chi connectivity index (χ3n) is 9.25. The van der Waals surface area contributed by atoms with Crippen molar-refractivity contribution in [2.24, 2.45) is 0 Å². The Balaban J connectivity index is 4.41. The molecular formula is C40H81N2O6P. The van der Waals surface area contributed by atoms with Gasteiger partial charge in [-0.3, -0.25) is 9.36 Å². The molecule has 0 heterocycles. The number of carbonyl (C=O) groups excluding carboxylic acids is 1. The Morgan fingerprint density at radius 3 is 1.61 bits per heavy atom. The number of hydrogen-bond donors (Lipinski definition) is 2. The van der Waals surface area contributed by atoms with Gasteiger partial charge in [0.1, 0.15) is 13.2 Å². The average Bonchev–Trinajstić information content (AvgIpc) is 3.04. The van der Waals surface area contributed by atoms with Crippen LogP contribution in [0.25, 0.3) is 0 Å². The zero-order valence-electron chi connectivity index (χ0n) is 32.9. The second-order valence-electron chi connectivity index (χ2n) is 15.3. The SMILES string of the molecule is CCCCCC/C=C\CCCCCCCCCC(=O)NC(COP(=O)([O-])OCC[N+](C)(C)C)C(O)CCCCCCCCCCCCCC. The molecule has 0 saturated heterocycles. The van der Waals surface area contributed by atoms with E-state index in [2.05, 4.69) is 31.3 Å². The van der Waals surface area contributed by atoms with Gasteiger partial charge < -0.3 is 28.8 Å². The van der Waals surface area contributed by atoms with Crippen molar-refractivity contribution in [3.8, 4) is 0 Å². The topological polar surface area (TPSA) is 108 Å². The first kappa shape index (κ1) is 48.2. The lowest BCUT2D eigenvalue weighted by atomic mass is 10.0. The van der Waals surface area contributed by atoms with Gasteiger partial charge in [-0.2, -0.15) is 0 Å². The van der Waals surface area contributed by atoms with Crippen LogP contribution in [0.4, 0.5) is 0 Å². The van der Waals surface area contributed by atoms with E-state index >= 15 is 0 Å². The Hall–Kier alpha value is -0.760. The van der Waals surface area contributed by atoms with Crippen LogP contribution in [-0.4, -0.2) is 68.5 Å².